The molecule has 0 spiro atoms. The first-order valence-corrected chi connectivity index (χ1v) is 12.8. The number of likely N-dealkylation sites (tertiary alicyclic amines) is 2. The fraction of sp³-hybridized carbons (Fsp3) is 0.286. The molecule has 38 heavy (non-hydrogen) atoms. The van der Waals surface area contributed by atoms with Gasteiger partial charge in [0.25, 0.3) is 0 Å². The van der Waals surface area contributed by atoms with E-state index in [1.165, 1.54) is 9.80 Å². The molecule has 0 radical (unpaired) electrons. The Hall–Kier alpha value is -4.60. The van der Waals surface area contributed by atoms with Crippen LogP contribution in [0.3, 0.4) is 0 Å². The van der Waals surface area contributed by atoms with Crippen LogP contribution in [0.5, 0.6) is 0 Å². The average molecular weight is 513 g/mol. The van der Waals surface area contributed by atoms with Gasteiger partial charge in [0.15, 0.2) is 0 Å². The summed E-state index contributed by atoms with van der Waals surface area (Å²) in [6.07, 6.45) is 7.90. The number of hydrogen-bond acceptors (Lipinski definition) is 4. The molecule has 4 aromatic rings. The fourth-order valence-corrected chi connectivity index (χ4v) is 5.72. The zero-order valence-corrected chi connectivity index (χ0v) is 20.7. The Bertz CT molecular complexity index is 1350. The molecule has 2 saturated heterocycles. The van der Waals surface area contributed by atoms with E-state index in [0.29, 0.717) is 13.1 Å². The fourth-order valence-electron chi connectivity index (χ4n) is 5.72. The molecule has 2 N–H and O–H groups in total. The van der Waals surface area contributed by atoms with Gasteiger partial charge in [-0.2, -0.15) is 0 Å². The molecule has 2 atom stereocenters. The molecule has 2 unspecified atom stereocenters. The Morgan fingerprint density at radius 1 is 0.632 bits per heavy atom. The molecular weight excluding hydrogens is 484 g/mol. The number of rotatable bonds is 5. The topological polar surface area (TPSA) is 117 Å². The molecule has 10 heteroatoms. The Labute approximate surface area is 219 Å². The second kappa shape index (κ2) is 9.70. The predicted octanol–water partition coefficient (Wildman–Crippen LogP) is 5.63. The summed E-state index contributed by atoms with van der Waals surface area (Å²) in [5, 5.41) is 19.1. The Balaban J connectivity index is 1.22. The molecule has 0 saturated carbocycles. The van der Waals surface area contributed by atoms with Crippen molar-refractivity contribution in [1.82, 2.24) is 28.9 Å². The van der Waals surface area contributed by atoms with Gasteiger partial charge in [0, 0.05) is 13.1 Å². The zero-order valence-electron chi connectivity index (χ0n) is 20.7. The molecule has 194 valence electrons. The van der Waals surface area contributed by atoms with E-state index in [0.717, 1.165) is 59.3 Å². The van der Waals surface area contributed by atoms with Crippen LogP contribution in [-0.4, -0.2) is 64.4 Å². The lowest BCUT2D eigenvalue weighted by Gasteiger charge is -2.24. The van der Waals surface area contributed by atoms with Crippen LogP contribution in [-0.2, 0) is 0 Å². The number of hydrogen-bond donors (Lipinski definition) is 2. The SMILES string of the molecule is O=C(O)N1CCCC1n1cncc1-c1ccc(-c2ccc(-c3cncn3C3CCCN3C(=O)O)cc2)cc1. The van der Waals surface area contributed by atoms with Gasteiger partial charge in [-0.1, -0.05) is 48.5 Å². The largest absolute Gasteiger partial charge is 0.465 e. The molecule has 2 aliphatic rings. The van der Waals surface area contributed by atoms with Crippen LogP contribution in [0.25, 0.3) is 33.6 Å². The number of carboxylic acid groups (broad SMARTS) is 2. The third-order valence-corrected chi connectivity index (χ3v) is 7.60. The molecule has 2 aromatic heterocycles. The third kappa shape index (κ3) is 4.17. The number of amides is 2. The Morgan fingerprint density at radius 2 is 1.00 bits per heavy atom. The smallest absolute Gasteiger partial charge is 0.408 e. The standard InChI is InChI=1S/C28H28N6O4/c35-27(36)31-13-1-3-25(31)33-17-29-15-23(33)21-9-5-19(6-10-21)20-7-11-22(12-8-20)24-16-30-18-34(24)26-4-2-14-32(26)28(37)38/h5-12,15-18,25-26H,1-4,13-14H2,(H,35,36)(H,37,38). The van der Waals surface area contributed by atoms with Crippen LogP contribution < -0.4 is 0 Å². The zero-order chi connectivity index (χ0) is 26.2. The van der Waals surface area contributed by atoms with E-state index in [2.05, 4.69) is 34.2 Å². The molecule has 6 rings (SSSR count). The normalized spacial score (nSPS) is 19.3. The summed E-state index contributed by atoms with van der Waals surface area (Å²) < 4.78 is 3.90. The predicted molar refractivity (Wildman–Crippen MR) is 140 cm³/mol. The maximum Gasteiger partial charge on any atom is 0.408 e. The molecule has 2 aromatic carbocycles. The van der Waals surface area contributed by atoms with Gasteiger partial charge in [-0.25, -0.2) is 19.6 Å². The van der Waals surface area contributed by atoms with Crippen LogP contribution in [0.4, 0.5) is 9.59 Å². The van der Waals surface area contributed by atoms with Crippen LogP contribution >= 0.6 is 0 Å². The van der Waals surface area contributed by atoms with Crippen molar-refractivity contribution in [3.63, 3.8) is 0 Å². The first-order valence-electron chi connectivity index (χ1n) is 12.8. The first-order chi connectivity index (χ1) is 18.5. The van der Waals surface area contributed by atoms with Crippen molar-refractivity contribution in [3.05, 3.63) is 73.6 Å². The van der Waals surface area contributed by atoms with Gasteiger partial charge in [-0.3, -0.25) is 9.80 Å². The Kier molecular flexibility index (Phi) is 6.07. The monoisotopic (exact) mass is 512 g/mol. The number of aromatic nitrogens is 4. The summed E-state index contributed by atoms with van der Waals surface area (Å²) >= 11 is 0. The van der Waals surface area contributed by atoms with E-state index in [-0.39, 0.29) is 12.3 Å². The highest BCUT2D eigenvalue weighted by molar-refractivity contribution is 5.72. The molecule has 4 heterocycles. The van der Waals surface area contributed by atoms with E-state index < -0.39 is 12.2 Å². The summed E-state index contributed by atoms with van der Waals surface area (Å²) in [6.45, 7) is 1.07. The van der Waals surface area contributed by atoms with E-state index >= 15 is 0 Å². The van der Waals surface area contributed by atoms with Crippen molar-refractivity contribution in [1.29, 1.82) is 0 Å². The highest BCUT2D eigenvalue weighted by Crippen LogP contribution is 2.34. The van der Waals surface area contributed by atoms with Gasteiger partial charge >= 0.3 is 12.2 Å². The second-order valence-corrected chi connectivity index (χ2v) is 9.72. The van der Waals surface area contributed by atoms with Gasteiger partial charge in [0.2, 0.25) is 0 Å². The van der Waals surface area contributed by atoms with E-state index in [9.17, 15) is 19.8 Å². The van der Waals surface area contributed by atoms with Gasteiger partial charge in [-0.05, 0) is 47.9 Å². The summed E-state index contributed by atoms with van der Waals surface area (Å²) in [6, 6.07) is 16.4. The molecule has 0 bridgehead atoms. The molecule has 2 amide bonds. The van der Waals surface area contributed by atoms with Crippen molar-refractivity contribution in [3.8, 4) is 33.6 Å². The number of benzene rings is 2. The van der Waals surface area contributed by atoms with E-state index in [4.69, 9.17) is 0 Å². The van der Waals surface area contributed by atoms with Gasteiger partial charge in [0.05, 0.1) is 36.4 Å². The molecule has 0 aliphatic carbocycles. The van der Waals surface area contributed by atoms with Crippen LogP contribution in [0.2, 0.25) is 0 Å². The lowest BCUT2D eigenvalue weighted by Crippen LogP contribution is -2.32. The maximum atomic E-state index is 11.6. The van der Waals surface area contributed by atoms with Crippen molar-refractivity contribution in [2.75, 3.05) is 13.1 Å². The number of carbonyl (C=O) groups is 2. The highest BCUT2D eigenvalue weighted by atomic mass is 16.4. The molecule has 2 fully saturated rings. The van der Waals surface area contributed by atoms with Crippen molar-refractivity contribution < 1.29 is 19.8 Å². The average Bonchev–Trinajstić information content (AvgIpc) is 3.74. The van der Waals surface area contributed by atoms with Gasteiger partial charge in [0.1, 0.15) is 12.3 Å². The second-order valence-electron chi connectivity index (χ2n) is 9.72. The highest BCUT2D eigenvalue weighted by Gasteiger charge is 2.32. The lowest BCUT2D eigenvalue weighted by molar-refractivity contribution is 0.123. The Morgan fingerprint density at radius 3 is 1.37 bits per heavy atom. The van der Waals surface area contributed by atoms with E-state index in [1.54, 1.807) is 25.0 Å². The van der Waals surface area contributed by atoms with Crippen molar-refractivity contribution in [2.24, 2.45) is 0 Å². The molecule has 2 aliphatic heterocycles. The minimum absolute atomic E-state index is 0.238. The number of nitrogens with zero attached hydrogens (tertiary/aromatic N) is 6. The summed E-state index contributed by atoms with van der Waals surface area (Å²) in [4.78, 5) is 34.8. The number of imidazole rings is 2. The van der Waals surface area contributed by atoms with Crippen LogP contribution in [0.1, 0.15) is 38.0 Å². The summed E-state index contributed by atoms with van der Waals surface area (Å²) in [7, 11) is 0. The third-order valence-electron chi connectivity index (χ3n) is 7.60. The minimum atomic E-state index is -0.906. The van der Waals surface area contributed by atoms with Crippen LogP contribution in [0, 0.1) is 0 Å². The van der Waals surface area contributed by atoms with Crippen LogP contribution in [0.15, 0.2) is 73.6 Å². The van der Waals surface area contributed by atoms with Crippen molar-refractivity contribution in [2.45, 2.75) is 38.0 Å². The van der Waals surface area contributed by atoms with E-state index in [1.807, 2.05) is 33.4 Å². The minimum Gasteiger partial charge on any atom is -0.465 e. The summed E-state index contributed by atoms with van der Waals surface area (Å²) in [5.74, 6) is 0. The van der Waals surface area contributed by atoms with Crippen molar-refractivity contribution >= 4 is 12.2 Å². The molecular formula is C28H28N6O4. The molecule has 10 nitrogen and oxygen atoms in total. The maximum absolute atomic E-state index is 11.6. The van der Waals surface area contributed by atoms with Gasteiger partial charge in [-0.15, -0.1) is 0 Å². The van der Waals surface area contributed by atoms with Gasteiger partial charge < -0.3 is 19.3 Å². The summed E-state index contributed by atoms with van der Waals surface area (Å²) in [5.41, 5.74) is 5.84. The lowest BCUT2D eigenvalue weighted by atomic mass is 10.0. The first kappa shape index (κ1) is 23.8. The quantitative estimate of drug-likeness (QED) is 0.358.